The topological polar surface area (TPSA) is 67.6 Å². The average Bonchev–Trinajstić information content (AvgIpc) is 2.98. The summed E-state index contributed by atoms with van der Waals surface area (Å²) in [7, 11) is 0. The van der Waals surface area contributed by atoms with E-state index in [2.05, 4.69) is 21.0 Å². The van der Waals surface area contributed by atoms with Gasteiger partial charge in [0.25, 0.3) is 0 Å². The molecular weight excluding hydrogens is 236 g/mol. The number of hydrogen-bond acceptors (Lipinski definition) is 3. The van der Waals surface area contributed by atoms with Gasteiger partial charge in [0.05, 0.1) is 11.9 Å². The van der Waals surface area contributed by atoms with Crippen molar-refractivity contribution in [1.82, 2.24) is 15.0 Å². The summed E-state index contributed by atoms with van der Waals surface area (Å²) in [5.74, 6) is 0.821. The third-order valence-corrected chi connectivity index (χ3v) is 2.98. The van der Waals surface area contributed by atoms with Gasteiger partial charge in [-0.1, -0.05) is 18.2 Å². The molecule has 0 aliphatic heterocycles. The maximum atomic E-state index is 5.66. The molecule has 0 aliphatic rings. The molecule has 94 valence electrons. The maximum Gasteiger partial charge on any atom is 0.139 e. The predicted molar refractivity (Wildman–Crippen MR) is 75.1 cm³/mol. The number of imidazole rings is 1. The number of benzene rings is 1. The van der Waals surface area contributed by atoms with E-state index in [1.165, 1.54) is 0 Å². The van der Waals surface area contributed by atoms with Crippen LogP contribution in [0.3, 0.4) is 0 Å². The molecule has 3 rings (SSSR count). The smallest absolute Gasteiger partial charge is 0.139 e. The SMILES string of the molecule is NCc1cccc(-c2cnc(-c3cccnc3)[nH]2)c1. The first-order valence-corrected chi connectivity index (χ1v) is 6.11. The summed E-state index contributed by atoms with van der Waals surface area (Å²) in [4.78, 5) is 11.8. The van der Waals surface area contributed by atoms with E-state index in [1.807, 2.05) is 36.5 Å². The fourth-order valence-corrected chi connectivity index (χ4v) is 1.98. The van der Waals surface area contributed by atoms with Gasteiger partial charge < -0.3 is 10.7 Å². The Morgan fingerprint density at radius 2 is 1.95 bits per heavy atom. The second-order valence-corrected chi connectivity index (χ2v) is 4.29. The molecule has 0 atom stereocenters. The minimum absolute atomic E-state index is 0.539. The molecule has 0 fully saturated rings. The first-order valence-electron chi connectivity index (χ1n) is 6.11. The summed E-state index contributed by atoms with van der Waals surface area (Å²) in [6.07, 6.45) is 5.37. The van der Waals surface area contributed by atoms with Crippen LogP contribution in [0.1, 0.15) is 5.56 Å². The Balaban J connectivity index is 1.97. The lowest BCUT2D eigenvalue weighted by atomic mass is 10.1. The Hall–Kier alpha value is -2.46. The molecule has 0 bridgehead atoms. The van der Waals surface area contributed by atoms with Crippen LogP contribution < -0.4 is 5.73 Å². The summed E-state index contributed by atoms with van der Waals surface area (Å²) >= 11 is 0. The predicted octanol–water partition coefficient (Wildman–Crippen LogP) is 2.60. The third kappa shape index (κ3) is 2.39. The molecule has 4 heteroatoms. The van der Waals surface area contributed by atoms with Crippen molar-refractivity contribution < 1.29 is 0 Å². The van der Waals surface area contributed by atoms with E-state index in [4.69, 9.17) is 5.73 Å². The van der Waals surface area contributed by atoms with Gasteiger partial charge in [0.15, 0.2) is 0 Å². The Morgan fingerprint density at radius 3 is 2.74 bits per heavy atom. The zero-order valence-corrected chi connectivity index (χ0v) is 10.4. The minimum Gasteiger partial charge on any atom is -0.338 e. The zero-order valence-electron chi connectivity index (χ0n) is 10.4. The lowest BCUT2D eigenvalue weighted by Gasteiger charge is -2.01. The lowest BCUT2D eigenvalue weighted by Crippen LogP contribution is -1.95. The number of pyridine rings is 1. The summed E-state index contributed by atoms with van der Waals surface area (Å²) in [6.45, 7) is 0.539. The van der Waals surface area contributed by atoms with Crippen molar-refractivity contribution in [3.05, 3.63) is 60.6 Å². The molecule has 0 saturated carbocycles. The largest absolute Gasteiger partial charge is 0.338 e. The van der Waals surface area contributed by atoms with Gasteiger partial charge in [0.1, 0.15) is 5.82 Å². The Kier molecular flexibility index (Phi) is 3.08. The van der Waals surface area contributed by atoms with E-state index in [9.17, 15) is 0 Å². The molecule has 0 aliphatic carbocycles. The van der Waals surface area contributed by atoms with Gasteiger partial charge in [-0.25, -0.2) is 4.98 Å². The van der Waals surface area contributed by atoms with Crippen molar-refractivity contribution in [1.29, 1.82) is 0 Å². The Bertz CT molecular complexity index is 673. The zero-order chi connectivity index (χ0) is 13.1. The molecule has 2 aromatic heterocycles. The van der Waals surface area contributed by atoms with E-state index >= 15 is 0 Å². The molecule has 3 aromatic rings. The fourth-order valence-electron chi connectivity index (χ4n) is 1.98. The normalized spacial score (nSPS) is 10.6. The molecule has 0 saturated heterocycles. The maximum absolute atomic E-state index is 5.66. The molecule has 19 heavy (non-hydrogen) atoms. The number of aromatic nitrogens is 3. The van der Waals surface area contributed by atoms with E-state index < -0.39 is 0 Å². The standard InChI is InChI=1S/C15H14N4/c16-8-11-3-1-4-12(7-11)14-10-18-15(19-14)13-5-2-6-17-9-13/h1-7,9-10H,8,16H2,(H,18,19). The first kappa shape index (κ1) is 11.6. The van der Waals surface area contributed by atoms with Gasteiger partial charge >= 0.3 is 0 Å². The Morgan fingerprint density at radius 1 is 1.05 bits per heavy atom. The highest BCUT2D eigenvalue weighted by molar-refractivity contribution is 5.64. The van der Waals surface area contributed by atoms with Crippen molar-refractivity contribution >= 4 is 0 Å². The van der Waals surface area contributed by atoms with Crippen LogP contribution in [-0.2, 0) is 6.54 Å². The van der Waals surface area contributed by atoms with Crippen molar-refractivity contribution in [2.75, 3.05) is 0 Å². The first-order chi connectivity index (χ1) is 9.36. The highest BCUT2D eigenvalue weighted by atomic mass is 14.9. The number of aromatic amines is 1. The summed E-state index contributed by atoms with van der Waals surface area (Å²) in [5.41, 5.74) is 9.81. The molecule has 1 aromatic carbocycles. The fraction of sp³-hybridized carbons (Fsp3) is 0.0667. The van der Waals surface area contributed by atoms with Crippen LogP contribution in [0.2, 0.25) is 0 Å². The van der Waals surface area contributed by atoms with Gasteiger partial charge in [0.2, 0.25) is 0 Å². The van der Waals surface area contributed by atoms with Crippen LogP contribution in [0.25, 0.3) is 22.6 Å². The molecule has 0 spiro atoms. The van der Waals surface area contributed by atoms with Crippen molar-refractivity contribution in [3.63, 3.8) is 0 Å². The Labute approximate surface area is 111 Å². The minimum atomic E-state index is 0.539. The van der Waals surface area contributed by atoms with Crippen LogP contribution >= 0.6 is 0 Å². The van der Waals surface area contributed by atoms with E-state index in [0.717, 1.165) is 28.2 Å². The quantitative estimate of drug-likeness (QED) is 0.750. The van der Waals surface area contributed by atoms with Crippen molar-refractivity contribution in [2.45, 2.75) is 6.54 Å². The van der Waals surface area contributed by atoms with Gasteiger partial charge in [-0.15, -0.1) is 0 Å². The van der Waals surface area contributed by atoms with E-state index in [1.54, 1.807) is 12.4 Å². The van der Waals surface area contributed by atoms with Crippen LogP contribution in [-0.4, -0.2) is 15.0 Å². The highest BCUT2D eigenvalue weighted by Gasteiger charge is 2.05. The molecule has 4 nitrogen and oxygen atoms in total. The number of nitrogens with two attached hydrogens (primary N) is 1. The lowest BCUT2D eigenvalue weighted by molar-refractivity contribution is 1.07. The average molecular weight is 250 g/mol. The van der Waals surface area contributed by atoms with E-state index in [-0.39, 0.29) is 0 Å². The molecule has 3 N–H and O–H groups in total. The number of hydrogen-bond donors (Lipinski definition) is 2. The van der Waals surface area contributed by atoms with Crippen LogP contribution in [0.15, 0.2) is 55.0 Å². The molecule has 0 radical (unpaired) electrons. The van der Waals surface area contributed by atoms with Gasteiger partial charge in [-0.05, 0) is 29.3 Å². The summed E-state index contributed by atoms with van der Waals surface area (Å²) in [6, 6.07) is 12.0. The highest BCUT2D eigenvalue weighted by Crippen LogP contribution is 2.22. The van der Waals surface area contributed by atoms with Crippen molar-refractivity contribution in [2.24, 2.45) is 5.73 Å². The van der Waals surface area contributed by atoms with Gasteiger partial charge in [0, 0.05) is 24.5 Å². The summed E-state index contributed by atoms with van der Waals surface area (Å²) < 4.78 is 0. The monoisotopic (exact) mass is 250 g/mol. The molecular formula is C15H14N4. The van der Waals surface area contributed by atoms with Crippen LogP contribution in [0.4, 0.5) is 0 Å². The number of nitrogens with one attached hydrogen (secondary N) is 1. The molecule has 2 heterocycles. The second kappa shape index (κ2) is 5.04. The number of nitrogens with zero attached hydrogens (tertiary/aromatic N) is 2. The third-order valence-electron chi connectivity index (χ3n) is 2.98. The number of rotatable bonds is 3. The van der Waals surface area contributed by atoms with Crippen LogP contribution in [0.5, 0.6) is 0 Å². The van der Waals surface area contributed by atoms with Crippen LogP contribution in [0, 0.1) is 0 Å². The van der Waals surface area contributed by atoms with Gasteiger partial charge in [-0.2, -0.15) is 0 Å². The second-order valence-electron chi connectivity index (χ2n) is 4.29. The van der Waals surface area contributed by atoms with Gasteiger partial charge in [-0.3, -0.25) is 4.98 Å². The number of H-pyrrole nitrogens is 1. The molecule has 0 amide bonds. The van der Waals surface area contributed by atoms with Crippen molar-refractivity contribution in [3.8, 4) is 22.6 Å². The van der Waals surface area contributed by atoms with E-state index in [0.29, 0.717) is 6.54 Å². The summed E-state index contributed by atoms with van der Waals surface area (Å²) in [5, 5.41) is 0. The molecule has 0 unspecified atom stereocenters.